The van der Waals surface area contributed by atoms with Crippen molar-refractivity contribution in [1.29, 1.82) is 0 Å². The predicted octanol–water partition coefficient (Wildman–Crippen LogP) is 6.59. The van der Waals surface area contributed by atoms with E-state index in [2.05, 4.69) is 6.92 Å². The van der Waals surface area contributed by atoms with E-state index in [0.717, 1.165) is 24.8 Å². The molecule has 3 aromatic rings. The van der Waals surface area contributed by atoms with Crippen molar-refractivity contribution < 1.29 is 24.2 Å². The second kappa shape index (κ2) is 11.8. The number of unbranched alkanes of at least 4 members (excludes halogenated alkanes) is 2. The number of aliphatic hydroxyl groups excluding tert-OH is 1. The van der Waals surface area contributed by atoms with Crippen molar-refractivity contribution in [2.75, 3.05) is 18.1 Å². The summed E-state index contributed by atoms with van der Waals surface area (Å²) in [6.07, 6.45) is 3.19. The largest absolute Gasteiger partial charge is 0.507 e. The normalized spacial score (nSPS) is 16.7. The molecule has 0 aliphatic carbocycles. The maximum atomic E-state index is 13.4. The molecule has 1 aliphatic heterocycles. The average molecular weight is 500 g/mol. The fourth-order valence-corrected chi connectivity index (χ4v) is 4.54. The van der Waals surface area contributed by atoms with Crippen LogP contribution in [0.4, 0.5) is 5.69 Å². The second-order valence-corrected chi connectivity index (χ2v) is 9.09. The molecule has 6 nitrogen and oxygen atoms in total. The zero-order valence-corrected chi connectivity index (χ0v) is 21.6. The van der Waals surface area contributed by atoms with E-state index in [0.29, 0.717) is 41.5 Å². The van der Waals surface area contributed by atoms with Crippen LogP contribution in [0.25, 0.3) is 5.76 Å². The van der Waals surface area contributed by atoms with Gasteiger partial charge in [0.05, 0.1) is 24.8 Å². The van der Waals surface area contributed by atoms with Gasteiger partial charge in [0.15, 0.2) is 0 Å². The summed E-state index contributed by atoms with van der Waals surface area (Å²) in [5, 5.41) is 11.4. The first kappa shape index (κ1) is 26.0. The number of benzene rings is 3. The third-order valence-electron chi connectivity index (χ3n) is 6.35. The van der Waals surface area contributed by atoms with Crippen LogP contribution in [-0.4, -0.2) is 30.0 Å². The highest BCUT2D eigenvalue weighted by atomic mass is 16.5. The Morgan fingerprint density at radius 3 is 2.35 bits per heavy atom. The number of carbonyl (C=O) groups is 2. The van der Waals surface area contributed by atoms with Gasteiger partial charge in [-0.3, -0.25) is 14.5 Å². The number of carbonyl (C=O) groups excluding carboxylic acids is 2. The molecule has 0 spiro atoms. The van der Waals surface area contributed by atoms with Gasteiger partial charge < -0.3 is 14.6 Å². The summed E-state index contributed by atoms with van der Waals surface area (Å²) in [5.74, 6) is -0.327. The SMILES string of the molecule is CCCCCOc1ccc(/C(O)=C2\C(=O)C(=O)N(c3cccc(C)c3)C2c2cccc(OCC)c2)cc1. The van der Waals surface area contributed by atoms with Crippen LogP contribution in [0.2, 0.25) is 0 Å². The minimum atomic E-state index is -0.813. The first-order valence-corrected chi connectivity index (χ1v) is 12.8. The van der Waals surface area contributed by atoms with E-state index in [-0.39, 0.29) is 11.3 Å². The molecule has 1 fully saturated rings. The molecule has 4 rings (SSSR count). The van der Waals surface area contributed by atoms with Gasteiger partial charge in [-0.05, 0) is 79.9 Å². The molecule has 3 aromatic carbocycles. The first-order chi connectivity index (χ1) is 17.9. The third kappa shape index (κ3) is 5.69. The van der Waals surface area contributed by atoms with Gasteiger partial charge in [0, 0.05) is 11.3 Å². The van der Waals surface area contributed by atoms with Crippen LogP contribution in [-0.2, 0) is 9.59 Å². The fourth-order valence-electron chi connectivity index (χ4n) is 4.54. The van der Waals surface area contributed by atoms with Gasteiger partial charge >= 0.3 is 0 Å². The highest BCUT2D eigenvalue weighted by Crippen LogP contribution is 2.43. The van der Waals surface area contributed by atoms with Crippen LogP contribution in [0.5, 0.6) is 11.5 Å². The zero-order chi connectivity index (χ0) is 26.4. The van der Waals surface area contributed by atoms with E-state index in [9.17, 15) is 14.7 Å². The topological polar surface area (TPSA) is 76.1 Å². The van der Waals surface area contributed by atoms with E-state index in [4.69, 9.17) is 9.47 Å². The van der Waals surface area contributed by atoms with Crippen molar-refractivity contribution in [3.8, 4) is 11.5 Å². The Morgan fingerprint density at radius 1 is 0.892 bits per heavy atom. The molecule has 1 amide bonds. The van der Waals surface area contributed by atoms with Crippen molar-refractivity contribution in [3.05, 3.63) is 95.1 Å². The predicted molar refractivity (Wildman–Crippen MR) is 145 cm³/mol. The molecular formula is C31H33NO5. The number of ether oxygens (including phenoxy) is 2. The van der Waals surface area contributed by atoms with Gasteiger partial charge in [-0.25, -0.2) is 0 Å². The van der Waals surface area contributed by atoms with Crippen molar-refractivity contribution >= 4 is 23.1 Å². The lowest BCUT2D eigenvalue weighted by molar-refractivity contribution is -0.132. The molecule has 0 saturated carbocycles. The van der Waals surface area contributed by atoms with Gasteiger partial charge in [-0.1, -0.05) is 44.0 Å². The van der Waals surface area contributed by atoms with Gasteiger partial charge in [0.2, 0.25) is 0 Å². The van der Waals surface area contributed by atoms with Gasteiger partial charge in [-0.15, -0.1) is 0 Å². The number of aryl methyl sites for hydroxylation is 1. The minimum absolute atomic E-state index is 0.0387. The van der Waals surface area contributed by atoms with Crippen LogP contribution in [0.1, 0.15) is 55.8 Å². The average Bonchev–Trinajstić information content (AvgIpc) is 3.17. The lowest BCUT2D eigenvalue weighted by Gasteiger charge is -2.26. The number of ketones is 1. The van der Waals surface area contributed by atoms with E-state index in [1.165, 1.54) is 4.90 Å². The molecule has 1 atom stereocenters. The summed E-state index contributed by atoms with van der Waals surface area (Å²) in [6.45, 7) is 7.06. The molecule has 0 radical (unpaired) electrons. The summed E-state index contributed by atoms with van der Waals surface area (Å²) in [4.78, 5) is 28.2. The molecule has 1 aliphatic rings. The van der Waals surface area contributed by atoms with Crippen LogP contribution >= 0.6 is 0 Å². The van der Waals surface area contributed by atoms with Crippen molar-refractivity contribution in [2.24, 2.45) is 0 Å². The summed E-state index contributed by atoms with van der Waals surface area (Å²) >= 11 is 0. The molecule has 192 valence electrons. The molecule has 0 aromatic heterocycles. The maximum absolute atomic E-state index is 13.4. The Balaban J connectivity index is 1.78. The Bertz CT molecular complexity index is 1290. The standard InChI is InChI=1S/C31H33NO5/c1-4-6-7-18-37-25-16-14-22(15-17-25)29(33)27-28(23-11-9-13-26(20-23)36-5-2)32(31(35)30(27)34)24-12-8-10-21(3)19-24/h8-17,19-20,28,33H,4-7,18H2,1-3H3/b29-27+. The van der Waals surface area contributed by atoms with Crippen molar-refractivity contribution in [3.63, 3.8) is 0 Å². The Hall–Kier alpha value is -4.06. The molecular weight excluding hydrogens is 466 g/mol. The van der Waals surface area contributed by atoms with Crippen molar-refractivity contribution in [1.82, 2.24) is 0 Å². The Morgan fingerprint density at radius 2 is 1.65 bits per heavy atom. The number of Topliss-reactive ketones (excluding diaryl/α,β-unsaturated/α-hetero) is 1. The van der Waals surface area contributed by atoms with E-state index >= 15 is 0 Å². The zero-order valence-electron chi connectivity index (χ0n) is 21.6. The summed E-state index contributed by atoms with van der Waals surface area (Å²) < 4.78 is 11.5. The van der Waals surface area contributed by atoms with Gasteiger partial charge in [0.1, 0.15) is 17.3 Å². The number of nitrogens with zero attached hydrogens (tertiary/aromatic N) is 1. The van der Waals surface area contributed by atoms with Crippen LogP contribution in [0.15, 0.2) is 78.4 Å². The van der Waals surface area contributed by atoms with Gasteiger partial charge in [0.25, 0.3) is 11.7 Å². The molecule has 1 saturated heterocycles. The van der Waals surface area contributed by atoms with Crippen LogP contribution < -0.4 is 14.4 Å². The Kier molecular flexibility index (Phi) is 8.29. The van der Waals surface area contributed by atoms with Crippen LogP contribution in [0, 0.1) is 6.92 Å². The fraction of sp³-hybridized carbons (Fsp3) is 0.290. The highest BCUT2D eigenvalue weighted by molar-refractivity contribution is 6.51. The van der Waals surface area contributed by atoms with E-state index < -0.39 is 17.7 Å². The molecule has 1 unspecified atom stereocenters. The highest BCUT2D eigenvalue weighted by Gasteiger charge is 2.47. The number of rotatable bonds is 10. The quantitative estimate of drug-likeness (QED) is 0.147. The lowest BCUT2D eigenvalue weighted by atomic mass is 9.95. The van der Waals surface area contributed by atoms with Crippen LogP contribution in [0.3, 0.4) is 0 Å². The number of hydrogen-bond donors (Lipinski definition) is 1. The summed E-state index contributed by atoms with van der Waals surface area (Å²) in [5.41, 5.74) is 2.69. The first-order valence-electron chi connectivity index (χ1n) is 12.8. The second-order valence-electron chi connectivity index (χ2n) is 9.09. The number of aliphatic hydroxyl groups is 1. The molecule has 1 heterocycles. The Labute approximate surface area is 218 Å². The van der Waals surface area contributed by atoms with E-state index in [1.54, 1.807) is 30.3 Å². The summed E-state index contributed by atoms with van der Waals surface area (Å²) in [6, 6.07) is 20.8. The van der Waals surface area contributed by atoms with Crippen molar-refractivity contribution in [2.45, 2.75) is 46.1 Å². The number of anilines is 1. The van der Waals surface area contributed by atoms with Gasteiger partial charge in [-0.2, -0.15) is 0 Å². The minimum Gasteiger partial charge on any atom is -0.507 e. The molecule has 6 heteroatoms. The van der Waals surface area contributed by atoms with E-state index in [1.807, 2.05) is 56.3 Å². The maximum Gasteiger partial charge on any atom is 0.300 e. The smallest absolute Gasteiger partial charge is 0.300 e. The lowest BCUT2D eigenvalue weighted by Crippen LogP contribution is -2.29. The molecule has 37 heavy (non-hydrogen) atoms. The third-order valence-corrected chi connectivity index (χ3v) is 6.35. The molecule has 0 bridgehead atoms. The number of hydrogen-bond acceptors (Lipinski definition) is 5. The summed E-state index contributed by atoms with van der Waals surface area (Å²) in [7, 11) is 0. The molecule has 1 N–H and O–H groups in total. The number of amides is 1. The monoisotopic (exact) mass is 499 g/mol.